The smallest absolute Gasteiger partial charge is 0.0474 e. The van der Waals surface area contributed by atoms with Gasteiger partial charge in [-0.1, -0.05) is 26.2 Å². The third kappa shape index (κ3) is 5.53. The molecule has 1 aliphatic carbocycles. The maximum atomic E-state index is 5.05. The van der Waals surface area contributed by atoms with Gasteiger partial charge in [-0.05, 0) is 38.1 Å². The van der Waals surface area contributed by atoms with Crippen molar-refractivity contribution in [2.75, 3.05) is 20.3 Å². The number of hydrogen-bond donors (Lipinski definition) is 1. The van der Waals surface area contributed by atoms with E-state index in [0.29, 0.717) is 0 Å². The van der Waals surface area contributed by atoms with Gasteiger partial charge >= 0.3 is 0 Å². The lowest BCUT2D eigenvalue weighted by Crippen LogP contribution is -2.29. The summed E-state index contributed by atoms with van der Waals surface area (Å²) in [6.07, 6.45) is 9.57. The van der Waals surface area contributed by atoms with Gasteiger partial charge in [-0.2, -0.15) is 0 Å². The van der Waals surface area contributed by atoms with Crippen LogP contribution in [0.15, 0.2) is 0 Å². The van der Waals surface area contributed by atoms with Crippen molar-refractivity contribution >= 4 is 0 Å². The van der Waals surface area contributed by atoms with Crippen molar-refractivity contribution < 1.29 is 4.74 Å². The number of rotatable bonds is 6. The van der Waals surface area contributed by atoms with Gasteiger partial charge in [0.2, 0.25) is 0 Å². The van der Waals surface area contributed by atoms with Gasteiger partial charge in [-0.15, -0.1) is 0 Å². The average molecular weight is 213 g/mol. The van der Waals surface area contributed by atoms with Crippen LogP contribution in [-0.4, -0.2) is 26.3 Å². The highest BCUT2D eigenvalue weighted by molar-refractivity contribution is 4.74. The predicted molar refractivity (Wildman–Crippen MR) is 65.1 cm³/mol. The van der Waals surface area contributed by atoms with E-state index >= 15 is 0 Å². The first-order valence-electron chi connectivity index (χ1n) is 6.59. The molecule has 0 aromatic heterocycles. The molecule has 90 valence electrons. The van der Waals surface area contributed by atoms with E-state index in [0.717, 1.165) is 31.5 Å². The standard InChI is InChI=1S/C13H27NO/c1-3-12-6-4-7-13(9-8-12)14-10-5-11-15-2/h12-14H,3-11H2,1-2H3. The third-order valence-electron chi connectivity index (χ3n) is 3.62. The Morgan fingerprint density at radius 2 is 2.07 bits per heavy atom. The van der Waals surface area contributed by atoms with Crippen LogP contribution < -0.4 is 5.32 Å². The highest BCUT2D eigenvalue weighted by atomic mass is 16.5. The van der Waals surface area contributed by atoms with E-state index in [1.54, 1.807) is 7.11 Å². The normalized spacial score (nSPS) is 27.6. The summed E-state index contributed by atoms with van der Waals surface area (Å²) in [4.78, 5) is 0. The van der Waals surface area contributed by atoms with Gasteiger partial charge in [0.25, 0.3) is 0 Å². The fraction of sp³-hybridized carbons (Fsp3) is 1.00. The topological polar surface area (TPSA) is 21.3 Å². The van der Waals surface area contributed by atoms with Crippen LogP contribution in [0.5, 0.6) is 0 Å². The third-order valence-corrected chi connectivity index (χ3v) is 3.62. The monoisotopic (exact) mass is 213 g/mol. The van der Waals surface area contributed by atoms with Gasteiger partial charge in [0.1, 0.15) is 0 Å². The summed E-state index contributed by atoms with van der Waals surface area (Å²) in [5.41, 5.74) is 0. The zero-order chi connectivity index (χ0) is 10.9. The van der Waals surface area contributed by atoms with E-state index < -0.39 is 0 Å². The Morgan fingerprint density at radius 3 is 2.80 bits per heavy atom. The van der Waals surface area contributed by atoms with Crippen molar-refractivity contribution in [2.45, 2.75) is 57.9 Å². The first kappa shape index (κ1) is 13.0. The molecule has 0 amide bonds. The van der Waals surface area contributed by atoms with Crippen molar-refractivity contribution in [1.29, 1.82) is 0 Å². The molecule has 2 heteroatoms. The lowest BCUT2D eigenvalue weighted by Gasteiger charge is -2.16. The molecule has 1 N–H and O–H groups in total. The quantitative estimate of drug-likeness (QED) is 0.541. The predicted octanol–water partition coefficient (Wildman–Crippen LogP) is 2.97. The number of nitrogens with one attached hydrogen (secondary N) is 1. The van der Waals surface area contributed by atoms with Crippen molar-refractivity contribution in [1.82, 2.24) is 5.32 Å². The Labute approximate surface area is 94.8 Å². The van der Waals surface area contributed by atoms with Crippen LogP contribution in [0.25, 0.3) is 0 Å². The van der Waals surface area contributed by atoms with E-state index in [1.165, 1.54) is 38.5 Å². The molecule has 1 fully saturated rings. The highest BCUT2D eigenvalue weighted by Crippen LogP contribution is 2.25. The molecular weight excluding hydrogens is 186 g/mol. The summed E-state index contributed by atoms with van der Waals surface area (Å²) in [6.45, 7) is 4.34. The Hall–Kier alpha value is -0.0800. The second-order valence-electron chi connectivity index (χ2n) is 4.78. The molecule has 0 bridgehead atoms. The van der Waals surface area contributed by atoms with Crippen LogP contribution >= 0.6 is 0 Å². The van der Waals surface area contributed by atoms with Crippen molar-refractivity contribution in [3.05, 3.63) is 0 Å². The summed E-state index contributed by atoms with van der Waals surface area (Å²) in [7, 11) is 1.78. The van der Waals surface area contributed by atoms with Crippen molar-refractivity contribution in [3.8, 4) is 0 Å². The Morgan fingerprint density at radius 1 is 1.20 bits per heavy atom. The molecule has 2 nitrogen and oxygen atoms in total. The van der Waals surface area contributed by atoms with Crippen LogP contribution in [0.1, 0.15) is 51.9 Å². The minimum atomic E-state index is 0.776. The van der Waals surface area contributed by atoms with E-state index in [4.69, 9.17) is 4.74 Å². The summed E-state index contributed by atoms with van der Waals surface area (Å²) in [6, 6.07) is 0.776. The van der Waals surface area contributed by atoms with Crippen LogP contribution in [0.3, 0.4) is 0 Å². The SMILES string of the molecule is CCC1CCCC(NCCCOC)CC1. The van der Waals surface area contributed by atoms with Gasteiger partial charge in [0.15, 0.2) is 0 Å². The summed E-state index contributed by atoms with van der Waals surface area (Å²) >= 11 is 0. The summed E-state index contributed by atoms with van der Waals surface area (Å²) in [5.74, 6) is 0.996. The van der Waals surface area contributed by atoms with Crippen LogP contribution in [0, 0.1) is 5.92 Å². The molecule has 0 aliphatic heterocycles. The van der Waals surface area contributed by atoms with Gasteiger partial charge < -0.3 is 10.1 Å². The largest absolute Gasteiger partial charge is 0.385 e. The molecule has 0 aromatic carbocycles. The molecule has 2 unspecified atom stereocenters. The molecule has 1 rings (SSSR count). The van der Waals surface area contributed by atoms with E-state index in [2.05, 4.69) is 12.2 Å². The molecular formula is C13H27NO. The molecule has 0 radical (unpaired) electrons. The lowest BCUT2D eigenvalue weighted by atomic mass is 9.98. The van der Waals surface area contributed by atoms with Crippen LogP contribution in [0.4, 0.5) is 0 Å². The fourth-order valence-corrected chi connectivity index (χ4v) is 2.51. The van der Waals surface area contributed by atoms with Crippen LogP contribution in [-0.2, 0) is 4.74 Å². The number of ether oxygens (including phenoxy) is 1. The Bertz CT molecular complexity index is 149. The zero-order valence-electron chi connectivity index (χ0n) is 10.4. The summed E-state index contributed by atoms with van der Waals surface area (Å²) in [5, 5.41) is 3.66. The maximum Gasteiger partial charge on any atom is 0.0474 e. The second-order valence-corrected chi connectivity index (χ2v) is 4.78. The number of hydrogen-bond acceptors (Lipinski definition) is 2. The molecule has 2 atom stereocenters. The highest BCUT2D eigenvalue weighted by Gasteiger charge is 2.16. The fourth-order valence-electron chi connectivity index (χ4n) is 2.51. The molecule has 0 saturated heterocycles. The van der Waals surface area contributed by atoms with Gasteiger partial charge in [-0.3, -0.25) is 0 Å². The van der Waals surface area contributed by atoms with Crippen molar-refractivity contribution in [2.24, 2.45) is 5.92 Å². The van der Waals surface area contributed by atoms with E-state index in [-0.39, 0.29) is 0 Å². The van der Waals surface area contributed by atoms with E-state index in [1.807, 2.05) is 0 Å². The molecule has 0 aromatic rings. The first-order valence-corrected chi connectivity index (χ1v) is 6.59. The molecule has 1 aliphatic rings. The zero-order valence-corrected chi connectivity index (χ0v) is 10.4. The van der Waals surface area contributed by atoms with E-state index in [9.17, 15) is 0 Å². The molecule has 15 heavy (non-hydrogen) atoms. The first-order chi connectivity index (χ1) is 7.36. The van der Waals surface area contributed by atoms with Crippen LogP contribution in [0.2, 0.25) is 0 Å². The van der Waals surface area contributed by atoms with Gasteiger partial charge in [-0.25, -0.2) is 0 Å². The molecule has 0 spiro atoms. The Balaban J connectivity index is 2.08. The van der Waals surface area contributed by atoms with Crippen molar-refractivity contribution in [3.63, 3.8) is 0 Å². The number of methoxy groups -OCH3 is 1. The summed E-state index contributed by atoms with van der Waals surface area (Å²) < 4.78 is 5.05. The minimum absolute atomic E-state index is 0.776. The second kappa shape index (κ2) is 8.12. The maximum absolute atomic E-state index is 5.05. The minimum Gasteiger partial charge on any atom is -0.385 e. The molecule has 0 heterocycles. The molecule has 1 saturated carbocycles. The van der Waals surface area contributed by atoms with Gasteiger partial charge in [0, 0.05) is 19.8 Å². The average Bonchev–Trinajstić information content (AvgIpc) is 2.49. The lowest BCUT2D eigenvalue weighted by molar-refractivity contribution is 0.192. The van der Waals surface area contributed by atoms with Gasteiger partial charge in [0.05, 0.1) is 0 Å². The Kier molecular flexibility index (Phi) is 7.03.